The molecule has 0 unspecified atom stereocenters. The van der Waals surface area contributed by atoms with Gasteiger partial charge in [-0.25, -0.2) is 4.39 Å². The second-order valence-corrected chi connectivity index (χ2v) is 9.96. The summed E-state index contributed by atoms with van der Waals surface area (Å²) < 4.78 is 19.7. The van der Waals surface area contributed by atoms with Gasteiger partial charge in [-0.2, -0.15) is 0 Å². The zero-order chi connectivity index (χ0) is 28.6. The lowest BCUT2D eigenvalue weighted by Gasteiger charge is -2.29. The Bertz CT molecular complexity index is 1370. The Kier molecular flexibility index (Phi) is 9.81. The fourth-order valence-corrected chi connectivity index (χ4v) is 4.57. The number of hydrogen-bond acceptors (Lipinski definition) is 7. The molecule has 4 rings (SSSR count). The number of carbonyl (C=O) groups is 2. The van der Waals surface area contributed by atoms with Crippen molar-refractivity contribution >= 4 is 51.9 Å². The van der Waals surface area contributed by atoms with E-state index in [1.807, 2.05) is 30.0 Å². The van der Waals surface area contributed by atoms with Crippen molar-refractivity contribution in [1.82, 2.24) is 5.32 Å². The van der Waals surface area contributed by atoms with Crippen molar-refractivity contribution in [2.45, 2.75) is 6.42 Å². The van der Waals surface area contributed by atoms with Crippen LogP contribution in [0, 0.1) is 5.82 Å². The minimum atomic E-state index is -0.476. The van der Waals surface area contributed by atoms with Crippen molar-refractivity contribution in [1.29, 1.82) is 0 Å². The molecule has 3 aromatic carbocycles. The number of nitrogens with zero attached hydrogens (tertiary/aromatic N) is 2. The standard InChI is InChI=1S/C29H34ClFN6O3/c1-33-8-3-9-36(2)22-5-7-26(32)24(18-22)29(39)35-27-14-19(4-6-25(27)30)28(38)34-21-15-20(31)16-23(17-21)37-10-12-40-13-11-37/h4-7,14-18,33H,3,8-13,32H2,1-2H3,(H,34,38)(H,35,39). The highest BCUT2D eigenvalue weighted by Gasteiger charge is 2.17. The van der Waals surface area contributed by atoms with Crippen molar-refractivity contribution in [3.05, 3.63) is 76.6 Å². The molecular formula is C29H34ClFN6O3. The van der Waals surface area contributed by atoms with Crippen LogP contribution in [-0.4, -0.2) is 65.3 Å². The molecule has 9 nitrogen and oxygen atoms in total. The molecule has 212 valence electrons. The Labute approximate surface area is 238 Å². The first-order chi connectivity index (χ1) is 19.2. The van der Waals surface area contributed by atoms with Gasteiger partial charge >= 0.3 is 0 Å². The number of amides is 2. The summed E-state index contributed by atoms with van der Waals surface area (Å²) in [5, 5.41) is 8.88. The van der Waals surface area contributed by atoms with Gasteiger partial charge in [-0.05, 0) is 74.6 Å². The molecule has 3 aromatic rings. The van der Waals surface area contributed by atoms with Gasteiger partial charge in [0.2, 0.25) is 0 Å². The van der Waals surface area contributed by atoms with Crippen LogP contribution in [0.15, 0.2) is 54.6 Å². The van der Waals surface area contributed by atoms with E-state index in [4.69, 9.17) is 22.1 Å². The Hall–Kier alpha value is -3.86. The molecule has 40 heavy (non-hydrogen) atoms. The van der Waals surface area contributed by atoms with Crippen LogP contribution < -0.4 is 31.5 Å². The number of nitrogens with one attached hydrogen (secondary N) is 3. The second-order valence-electron chi connectivity index (χ2n) is 9.55. The van der Waals surface area contributed by atoms with Gasteiger partial charge in [0.05, 0.1) is 29.5 Å². The van der Waals surface area contributed by atoms with Crippen LogP contribution in [0.1, 0.15) is 27.1 Å². The Morgan fingerprint density at radius 1 is 1.05 bits per heavy atom. The molecule has 1 heterocycles. The summed E-state index contributed by atoms with van der Waals surface area (Å²) in [4.78, 5) is 30.3. The van der Waals surface area contributed by atoms with Gasteiger partial charge in [0.15, 0.2) is 0 Å². The third kappa shape index (κ3) is 7.41. The average molecular weight is 569 g/mol. The number of ether oxygens (including phenoxy) is 1. The van der Waals surface area contributed by atoms with E-state index < -0.39 is 17.6 Å². The summed E-state index contributed by atoms with van der Waals surface area (Å²) in [6.45, 7) is 4.06. The van der Waals surface area contributed by atoms with E-state index in [2.05, 4.69) is 16.0 Å². The lowest BCUT2D eigenvalue weighted by atomic mass is 10.1. The molecule has 2 amide bonds. The minimum absolute atomic E-state index is 0.239. The molecule has 0 radical (unpaired) electrons. The lowest BCUT2D eigenvalue weighted by Crippen LogP contribution is -2.36. The number of nitrogen functional groups attached to an aromatic ring is 1. The van der Waals surface area contributed by atoms with Crippen LogP contribution >= 0.6 is 11.6 Å². The molecule has 1 saturated heterocycles. The second kappa shape index (κ2) is 13.5. The van der Waals surface area contributed by atoms with Crippen LogP contribution in [0.25, 0.3) is 0 Å². The van der Waals surface area contributed by atoms with Gasteiger partial charge in [0.1, 0.15) is 5.82 Å². The van der Waals surface area contributed by atoms with Crippen LogP contribution in [0.2, 0.25) is 5.02 Å². The number of nitrogens with two attached hydrogens (primary N) is 1. The van der Waals surface area contributed by atoms with Crippen LogP contribution in [0.5, 0.6) is 0 Å². The van der Waals surface area contributed by atoms with Crippen molar-refractivity contribution in [2.75, 3.05) is 79.7 Å². The number of benzene rings is 3. The van der Waals surface area contributed by atoms with Gasteiger partial charge < -0.3 is 36.2 Å². The van der Waals surface area contributed by atoms with Crippen molar-refractivity contribution in [3.8, 4) is 0 Å². The molecule has 0 aliphatic carbocycles. The van der Waals surface area contributed by atoms with Crippen LogP contribution in [0.4, 0.5) is 32.8 Å². The molecular weight excluding hydrogens is 535 g/mol. The summed E-state index contributed by atoms with van der Waals surface area (Å²) in [7, 11) is 3.85. The molecule has 1 aliphatic rings. The van der Waals surface area contributed by atoms with Crippen molar-refractivity contribution in [2.24, 2.45) is 0 Å². The largest absolute Gasteiger partial charge is 0.398 e. The normalized spacial score (nSPS) is 13.2. The Morgan fingerprint density at radius 3 is 2.58 bits per heavy atom. The Balaban J connectivity index is 1.48. The number of anilines is 5. The van der Waals surface area contributed by atoms with E-state index in [-0.39, 0.29) is 16.3 Å². The number of morpholine rings is 1. The highest BCUT2D eigenvalue weighted by atomic mass is 35.5. The van der Waals surface area contributed by atoms with Crippen LogP contribution in [-0.2, 0) is 4.74 Å². The van der Waals surface area contributed by atoms with Gasteiger partial charge in [-0.15, -0.1) is 0 Å². The first-order valence-corrected chi connectivity index (χ1v) is 13.4. The quantitative estimate of drug-likeness (QED) is 0.211. The maximum absolute atomic E-state index is 14.4. The van der Waals surface area contributed by atoms with E-state index >= 15 is 0 Å². The molecule has 1 aliphatic heterocycles. The average Bonchev–Trinajstić information content (AvgIpc) is 2.94. The van der Waals surface area contributed by atoms with E-state index in [1.165, 1.54) is 30.3 Å². The monoisotopic (exact) mass is 568 g/mol. The smallest absolute Gasteiger partial charge is 0.257 e. The van der Waals surface area contributed by atoms with E-state index in [0.717, 1.165) is 25.2 Å². The first kappa shape index (κ1) is 29.1. The molecule has 0 atom stereocenters. The van der Waals surface area contributed by atoms with Gasteiger partial charge in [-0.3, -0.25) is 9.59 Å². The van der Waals surface area contributed by atoms with E-state index in [0.29, 0.717) is 48.9 Å². The zero-order valence-corrected chi connectivity index (χ0v) is 23.4. The molecule has 0 spiro atoms. The maximum atomic E-state index is 14.4. The highest BCUT2D eigenvalue weighted by Crippen LogP contribution is 2.28. The first-order valence-electron chi connectivity index (χ1n) is 13.1. The lowest BCUT2D eigenvalue weighted by molar-refractivity contribution is 0.101. The minimum Gasteiger partial charge on any atom is -0.398 e. The maximum Gasteiger partial charge on any atom is 0.257 e. The fraction of sp³-hybridized carbons (Fsp3) is 0.310. The fourth-order valence-electron chi connectivity index (χ4n) is 4.41. The zero-order valence-electron chi connectivity index (χ0n) is 22.6. The summed E-state index contributed by atoms with van der Waals surface area (Å²) >= 11 is 6.36. The molecule has 1 fully saturated rings. The van der Waals surface area contributed by atoms with Crippen molar-refractivity contribution in [3.63, 3.8) is 0 Å². The summed E-state index contributed by atoms with van der Waals surface area (Å²) in [6.07, 6.45) is 0.938. The molecule has 0 bridgehead atoms. The number of rotatable bonds is 10. The predicted molar refractivity (Wildman–Crippen MR) is 159 cm³/mol. The van der Waals surface area contributed by atoms with Gasteiger partial charge in [-0.1, -0.05) is 11.6 Å². The van der Waals surface area contributed by atoms with Gasteiger partial charge in [0.25, 0.3) is 11.8 Å². The van der Waals surface area contributed by atoms with Gasteiger partial charge in [0, 0.05) is 55.0 Å². The number of hydrogen-bond donors (Lipinski definition) is 4. The van der Waals surface area contributed by atoms with E-state index in [9.17, 15) is 14.0 Å². The Morgan fingerprint density at radius 2 is 1.82 bits per heavy atom. The predicted octanol–water partition coefficient (Wildman–Crippen LogP) is 4.45. The number of halogens is 2. The third-order valence-electron chi connectivity index (χ3n) is 6.64. The van der Waals surface area contributed by atoms with Crippen LogP contribution in [0.3, 0.4) is 0 Å². The molecule has 0 saturated carbocycles. The molecule has 5 N–H and O–H groups in total. The SMILES string of the molecule is CNCCCN(C)c1ccc(N)c(C(=O)Nc2cc(C(=O)Nc3cc(F)cc(N4CCOCC4)c3)ccc2Cl)c1. The summed E-state index contributed by atoms with van der Waals surface area (Å²) in [5.41, 5.74) is 9.04. The van der Waals surface area contributed by atoms with E-state index in [1.54, 1.807) is 18.2 Å². The summed E-state index contributed by atoms with van der Waals surface area (Å²) in [5.74, 6) is -1.39. The molecule has 11 heteroatoms. The third-order valence-corrected chi connectivity index (χ3v) is 6.97. The number of carbonyl (C=O) groups excluding carboxylic acids is 2. The highest BCUT2D eigenvalue weighted by molar-refractivity contribution is 6.34. The summed E-state index contributed by atoms with van der Waals surface area (Å²) in [6, 6.07) is 14.2. The molecule has 0 aromatic heterocycles. The van der Waals surface area contributed by atoms with Crippen molar-refractivity contribution < 1.29 is 18.7 Å². The topological polar surface area (TPSA) is 112 Å².